The normalized spacial score (nSPS) is 10.1. The number of anilines is 2. The van der Waals surface area contributed by atoms with Gasteiger partial charge in [0.25, 0.3) is 11.6 Å². The highest BCUT2D eigenvalue weighted by Gasteiger charge is 2.16. The summed E-state index contributed by atoms with van der Waals surface area (Å²) in [7, 11) is 1.66. The van der Waals surface area contributed by atoms with Crippen molar-refractivity contribution in [3.05, 3.63) is 63.7 Å². The van der Waals surface area contributed by atoms with E-state index in [1.807, 2.05) is 25.1 Å². The summed E-state index contributed by atoms with van der Waals surface area (Å²) in [6, 6.07) is 11.7. The largest absolute Gasteiger partial charge is 0.387 e. The Morgan fingerprint density at radius 2 is 2.00 bits per heavy atom. The number of carbonyl (C=O) groups is 1. The minimum atomic E-state index is -0.520. The summed E-state index contributed by atoms with van der Waals surface area (Å²) in [5.74, 6) is -0.388. The van der Waals surface area contributed by atoms with E-state index in [0.717, 1.165) is 12.0 Å². The first-order valence-corrected chi connectivity index (χ1v) is 6.91. The summed E-state index contributed by atoms with van der Waals surface area (Å²) in [6.45, 7) is 2.03. The van der Waals surface area contributed by atoms with Crippen molar-refractivity contribution < 1.29 is 9.72 Å². The quantitative estimate of drug-likeness (QED) is 0.654. The van der Waals surface area contributed by atoms with Gasteiger partial charge in [0.05, 0.1) is 10.5 Å². The summed E-state index contributed by atoms with van der Waals surface area (Å²) in [5, 5.41) is 16.5. The molecule has 0 aliphatic rings. The second-order valence-electron chi connectivity index (χ2n) is 4.75. The average Bonchev–Trinajstić information content (AvgIpc) is 2.54. The van der Waals surface area contributed by atoms with Gasteiger partial charge in [-0.3, -0.25) is 14.9 Å². The molecule has 0 bridgehead atoms. The topological polar surface area (TPSA) is 84.3 Å². The van der Waals surface area contributed by atoms with Gasteiger partial charge in [-0.25, -0.2) is 0 Å². The number of non-ortho nitro benzene ring substituents is 1. The standard InChI is InChI=1S/C16H17N3O3/c1-3-11-5-4-6-12(9-11)18-16(20)14-10-13(19(21)22)7-8-15(14)17-2/h4-10,17H,3H2,1-2H3,(H,18,20). The van der Waals surface area contributed by atoms with Crippen LogP contribution in [0.15, 0.2) is 42.5 Å². The first-order chi connectivity index (χ1) is 10.5. The molecule has 2 N–H and O–H groups in total. The van der Waals surface area contributed by atoms with Crippen LogP contribution in [0.25, 0.3) is 0 Å². The minimum absolute atomic E-state index is 0.119. The number of rotatable bonds is 5. The zero-order chi connectivity index (χ0) is 16.1. The van der Waals surface area contributed by atoms with E-state index in [1.54, 1.807) is 13.1 Å². The number of aryl methyl sites for hydroxylation is 1. The number of benzene rings is 2. The van der Waals surface area contributed by atoms with E-state index in [0.29, 0.717) is 11.4 Å². The van der Waals surface area contributed by atoms with Gasteiger partial charge in [-0.05, 0) is 30.2 Å². The average molecular weight is 299 g/mol. The highest BCUT2D eigenvalue weighted by atomic mass is 16.6. The van der Waals surface area contributed by atoms with Crippen molar-refractivity contribution in [2.24, 2.45) is 0 Å². The third-order valence-corrected chi connectivity index (χ3v) is 3.32. The lowest BCUT2D eigenvalue weighted by molar-refractivity contribution is -0.384. The Bertz CT molecular complexity index is 714. The van der Waals surface area contributed by atoms with E-state index in [9.17, 15) is 14.9 Å². The van der Waals surface area contributed by atoms with Crippen LogP contribution in [-0.4, -0.2) is 17.9 Å². The molecule has 2 aromatic carbocycles. The lowest BCUT2D eigenvalue weighted by Gasteiger charge is -2.10. The molecule has 114 valence electrons. The lowest BCUT2D eigenvalue weighted by atomic mass is 10.1. The van der Waals surface area contributed by atoms with Gasteiger partial charge in [-0.1, -0.05) is 19.1 Å². The predicted octanol–water partition coefficient (Wildman–Crippen LogP) is 3.45. The molecule has 2 rings (SSSR count). The highest BCUT2D eigenvalue weighted by molar-refractivity contribution is 6.08. The van der Waals surface area contributed by atoms with Gasteiger partial charge < -0.3 is 10.6 Å². The fraction of sp³-hybridized carbons (Fsp3) is 0.188. The molecule has 2 aromatic rings. The fourth-order valence-electron chi connectivity index (χ4n) is 2.12. The second kappa shape index (κ2) is 6.71. The molecule has 0 spiro atoms. The van der Waals surface area contributed by atoms with Crippen LogP contribution in [0.5, 0.6) is 0 Å². The van der Waals surface area contributed by atoms with E-state index in [4.69, 9.17) is 0 Å². The molecular weight excluding hydrogens is 282 g/mol. The minimum Gasteiger partial charge on any atom is -0.387 e. The van der Waals surface area contributed by atoms with Crippen LogP contribution < -0.4 is 10.6 Å². The van der Waals surface area contributed by atoms with Crippen molar-refractivity contribution in [1.82, 2.24) is 0 Å². The summed E-state index contributed by atoms with van der Waals surface area (Å²) < 4.78 is 0. The van der Waals surface area contributed by atoms with Crippen molar-refractivity contribution >= 4 is 23.0 Å². The van der Waals surface area contributed by atoms with E-state index < -0.39 is 4.92 Å². The number of nitrogens with one attached hydrogen (secondary N) is 2. The van der Waals surface area contributed by atoms with Crippen molar-refractivity contribution in [3.8, 4) is 0 Å². The number of hydrogen-bond acceptors (Lipinski definition) is 4. The predicted molar refractivity (Wildman–Crippen MR) is 86.4 cm³/mol. The Balaban J connectivity index is 2.31. The Labute approximate surface area is 128 Å². The third kappa shape index (κ3) is 3.41. The highest BCUT2D eigenvalue weighted by Crippen LogP contribution is 2.23. The molecule has 6 heteroatoms. The molecule has 22 heavy (non-hydrogen) atoms. The van der Waals surface area contributed by atoms with E-state index >= 15 is 0 Å². The van der Waals surface area contributed by atoms with E-state index in [-0.39, 0.29) is 17.2 Å². The zero-order valence-electron chi connectivity index (χ0n) is 12.4. The summed E-state index contributed by atoms with van der Waals surface area (Å²) in [4.78, 5) is 22.7. The maximum atomic E-state index is 12.4. The van der Waals surface area contributed by atoms with Gasteiger partial charge in [-0.15, -0.1) is 0 Å². The van der Waals surface area contributed by atoms with E-state index in [2.05, 4.69) is 10.6 Å². The molecular formula is C16H17N3O3. The van der Waals surface area contributed by atoms with Crippen molar-refractivity contribution in [3.63, 3.8) is 0 Å². The first kappa shape index (κ1) is 15.5. The Morgan fingerprint density at radius 1 is 1.23 bits per heavy atom. The number of nitro groups is 1. The molecule has 1 amide bonds. The molecule has 0 heterocycles. The summed E-state index contributed by atoms with van der Waals surface area (Å²) in [5.41, 5.74) is 2.42. The first-order valence-electron chi connectivity index (χ1n) is 6.91. The smallest absolute Gasteiger partial charge is 0.270 e. The number of nitro benzene ring substituents is 1. The number of carbonyl (C=O) groups excluding carboxylic acids is 1. The molecule has 0 unspecified atom stereocenters. The van der Waals surface area contributed by atoms with Gasteiger partial charge in [0.15, 0.2) is 0 Å². The molecule has 0 fully saturated rings. The molecule has 0 aliphatic carbocycles. The molecule has 0 saturated heterocycles. The van der Waals surface area contributed by atoms with E-state index in [1.165, 1.54) is 18.2 Å². The molecule has 0 aliphatic heterocycles. The summed E-state index contributed by atoms with van der Waals surface area (Å²) in [6.07, 6.45) is 0.863. The maximum absolute atomic E-state index is 12.4. The SMILES string of the molecule is CCc1cccc(NC(=O)c2cc([N+](=O)[O-])ccc2NC)c1. The maximum Gasteiger partial charge on any atom is 0.270 e. The molecule has 0 radical (unpaired) electrons. The van der Waals surface area contributed by atoms with Crippen LogP contribution in [0, 0.1) is 10.1 Å². The Hall–Kier alpha value is -2.89. The van der Waals surface area contributed by atoms with Crippen LogP contribution >= 0.6 is 0 Å². The van der Waals surface area contributed by atoms with Gasteiger partial charge >= 0.3 is 0 Å². The second-order valence-corrected chi connectivity index (χ2v) is 4.75. The van der Waals surface area contributed by atoms with Crippen LogP contribution in [0.1, 0.15) is 22.8 Å². The number of amides is 1. The summed E-state index contributed by atoms with van der Waals surface area (Å²) >= 11 is 0. The fourth-order valence-corrected chi connectivity index (χ4v) is 2.12. The monoisotopic (exact) mass is 299 g/mol. The van der Waals surface area contributed by atoms with Crippen molar-refractivity contribution in [2.45, 2.75) is 13.3 Å². The Morgan fingerprint density at radius 3 is 2.64 bits per heavy atom. The van der Waals surface area contributed by atoms with Gasteiger partial charge in [-0.2, -0.15) is 0 Å². The van der Waals surface area contributed by atoms with Gasteiger partial charge in [0.2, 0.25) is 0 Å². The third-order valence-electron chi connectivity index (χ3n) is 3.32. The number of nitrogens with zero attached hydrogens (tertiary/aromatic N) is 1. The zero-order valence-corrected chi connectivity index (χ0v) is 12.4. The lowest BCUT2D eigenvalue weighted by Crippen LogP contribution is -2.14. The Kier molecular flexibility index (Phi) is 4.73. The van der Waals surface area contributed by atoms with Crippen molar-refractivity contribution in [1.29, 1.82) is 0 Å². The number of hydrogen-bond donors (Lipinski definition) is 2. The van der Waals surface area contributed by atoms with Crippen molar-refractivity contribution in [2.75, 3.05) is 17.7 Å². The van der Waals surface area contributed by atoms with Crippen LogP contribution in [0.2, 0.25) is 0 Å². The molecule has 6 nitrogen and oxygen atoms in total. The van der Waals surface area contributed by atoms with Gasteiger partial charge in [0, 0.05) is 30.6 Å². The van der Waals surface area contributed by atoms with Crippen LogP contribution in [0.4, 0.5) is 17.1 Å². The molecule has 0 aromatic heterocycles. The van der Waals surface area contributed by atoms with Gasteiger partial charge in [0.1, 0.15) is 0 Å². The molecule has 0 atom stereocenters. The molecule has 0 saturated carbocycles. The van der Waals surface area contributed by atoms with Crippen LogP contribution in [0.3, 0.4) is 0 Å². The van der Waals surface area contributed by atoms with Crippen LogP contribution in [-0.2, 0) is 6.42 Å².